The number of halogens is 1. The smallest absolute Gasteiger partial charge is 0.227 e. The van der Waals surface area contributed by atoms with Gasteiger partial charge in [0.15, 0.2) is 11.3 Å². The molecule has 3 heterocycles. The molecule has 10 heteroatoms. The van der Waals surface area contributed by atoms with Crippen molar-refractivity contribution in [3.63, 3.8) is 0 Å². The number of methoxy groups -OCH3 is 1. The average molecular weight is 559 g/mol. The number of para-hydroxylation sites is 1. The van der Waals surface area contributed by atoms with E-state index in [0.29, 0.717) is 41.4 Å². The number of aliphatic hydroxyl groups is 1. The van der Waals surface area contributed by atoms with E-state index in [1.54, 1.807) is 37.4 Å². The van der Waals surface area contributed by atoms with Gasteiger partial charge in [0, 0.05) is 56.0 Å². The molecule has 1 atom stereocenters. The molecule has 0 radical (unpaired) electrons. The van der Waals surface area contributed by atoms with Gasteiger partial charge in [-0.3, -0.25) is 9.80 Å². The van der Waals surface area contributed by atoms with Crippen molar-refractivity contribution in [3.8, 4) is 34.2 Å². The van der Waals surface area contributed by atoms with Crippen LogP contribution in [0.5, 0.6) is 11.5 Å². The second kappa shape index (κ2) is 12.1. The fourth-order valence-corrected chi connectivity index (χ4v) is 5.01. The van der Waals surface area contributed by atoms with Crippen molar-refractivity contribution in [2.75, 3.05) is 46.4 Å². The number of aromatic nitrogens is 2. The number of nitrogens with zero attached hydrogens (tertiary/aromatic N) is 4. The number of benzene rings is 3. The number of fused-ring (bicyclic) bond motifs is 1. The Morgan fingerprint density at radius 3 is 2.63 bits per heavy atom. The molecule has 0 aliphatic carbocycles. The van der Waals surface area contributed by atoms with Crippen molar-refractivity contribution in [1.82, 2.24) is 19.9 Å². The summed E-state index contributed by atoms with van der Waals surface area (Å²) >= 11 is 0. The highest BCUT2D eigenvalue weighted by Gasteiger charge is 2.21. The molecule has 1 aliphatic rings. The molecule has 212 valence electrons. The molecule has 5 aromatic rings. The van der Waals surface area contributed by atoms with Crippen LogP contribution in [0.15, 0.2) is 81.7 Å². The highest BCUT2D eigenvalue weighted by Crippen LogP contribution is 2.30. The summed E-state index contributed by atoms with van der Waals surface area (Å²) in [5.74, 6) is 2.14. The molecule has 1 saturated heterocycles. The summed E-state index contributed by atoms with van der Waals surface area (Å²) in [6.45, 7) is 4.72. The van der Waals surface area contributed by atoms with Gasteiger partial charge in [0.2, 0.25) is 5.89 Å². The van der Waals surface area contributed by atoms with Crippen molar-refractivity contribution in [1.29, 1.82) is 0 Å². The van der Waals surface area contributed by atoms with Crippen molar-refractivity contribution >= 4 is 11.1 Å². The van der Waals surface area contributed by atoms with E-state index in [-0.39, 0.29) is 12.4 Å². The van der Waals surface area contributed by atoms with Gasteiger partial charge in [0.1, 0.15) is 41.2 Å². The predicted octanol–water partition coefficient (Wildman–Crippen LogP) is 4.86. The molecule has 41 heavy (non-hydrogen) atoms. The van der Waals surface area contributed by atoms with Gasteiger partial charge >= 0.3 is 0 Å². The number of aliphatic hydroxyl groups excluding tert-OH is 1. The number of piperazine rings is 1. The van der Waals surface area contributed by atoms with Crippen LogP contribution in [-0.4, -0.2) is 77.6 Å². The third-order valence-corrected chi connectivity index (χ3v) is 7.13. The molecular weight excluding hydrogens is 527 g/mol. The van der Waals surface area contributed by atoms with Gasteiger partial charge in [-0.25, -0.2) is 9.37 Å². The van der Waals surface area contributed by atoms with Crippen LogP contribution in [0.25, 0.3) is 33.8 Å². The second-order valence-corrected chi connectivity index (χ2v) is 10.1. The zero-order valence-corrected chi connectivity index (χ0v) is 22.7. The maximum atomic E-state index is 13.6. The van der Waals surface area contributed by atoms with Crippen molar-refractivity contribution in [2.24, 2.45) is 0 Å². The minimum atomic E-state index is -0.643. The molecule has 9 nitrogen and oxygen atoms in total. The van der Waals surface area contributed by atoms with Gasteiger partial charge in [-0.1, -0.05) is 23.4 Å². The molecule has 1 aliphatic heterocycles. The largest absolute Gasteiger partial charge is 0.496 e. The van der Waals surface area contributed by atoms with Crippen LogP contribution >= 0.6 is 0 Å². The Bertz CT molecular complexity index is 1610. The van der Waals surface area contributed by atoms with Crippen molar-refractivity contribution < 1.29 is 27.9 Å². The molecule has 1 N–H and O–H groups in total. The Labute approximate surface area is 236 Å². The number of β-amino-alcohol motifs (C(OH)–C–C–N with tert-alkyl or cyclic N) is 1. The van der Waals surface area contributed by atoms with Crippen LogP contribution in [0.3, 0.4) is 0 Å². The highest BCUT2D eigenvalue weighted by molar-refractivity contribution is 5.77. The van der Waals surface area contributed by atoms with Crippen LogP contribution in [0, 0.1) is 5.82 Å². The molecular formula is C31H31FN4O5. The van der Waals surface area contributed by atoms with Gasteiger partial charge < -0.3 is 23.5 Å². The first kappa shape index (κ1) is 26.9. The van der Waals surface area contributed by atoms with Crippen LogP contribution in [0.1, 0.15) is 5.76 Å². The van der Waals surface area contributed by atoms with E-state index in [4.69, 9.17) is 18.4 Å². The highest BCUT2D eigenvalue weighted by atomic mass is 19.1. The van der Waals surface area contributed by atoms with Gasteiger partial charge in [0.25, 0.3) is 0 Å². The van der Waals surface area contributed by atoms with E-state index in [2.05, 4.69) is 19.9 Å². The zero-order chi connectivity index (χ0) is 28.2. The molecule has 0 bridgehead atoms. The third-order valence-electron chi connectivity index (χ3n) is 7.13. The number of oxazole rings is 1. The lowest BCUT2D eigenvalue weighted by atomic mass is 10.1. The molecule has 2 aromatic heterocycles. The van der Waals surface area contributed by atoms with E-state index in [1.165, 1.54) is 12.1 Å². The molecule has 1 unspecified atom stereocenters. The summed E-state index contributed by atoms with van der Waals surface area (Å²) in [6.07, 6.45) is -0.643. The fourth-order valence-electron chi connectivity index (χ4n) is 5.01. The summed E-state index contributed by atoms with van der Waals surface area (Å²) in [5.41, 5.74) is 3.41. The lowest BCUT2D eigenvalue weighted by molar-refractivity contribution is 0.0430. The SMILES string of the molecule is COc1ccccc1-c1cc(CN2CCN(CC(O)COc3ccc4oc(-c5cccc(F)c5)nc4c3)CC2)on1. The van der Waals surface area contributed by atoms with Gasteiger partial charge in [-0.2, -0.15) is 0 Å². The Balaban J connectivity index is 0.966. The predicted molar refractivity (Wildman–Crippen MR) is 151 cm³/mol. The molecule has 0 amide bonds. The summed E-state index contributed by atoms with van der Waals surface area (Å²) < 4.78 is 36.2. The summed E-state index contributed by atoms with van der Waals surface area (Å²) in [6, 6.07) is 21.1. The van der Waals surface area contributed by atoms with Gasteiger partial charge in [-0.15, -0.1) is 0 Å². The fraction of sp³-hybridized carbons (Fsp3) is 0.290. The van der Waals surface area contributed by atoms with E-state index < -0.39 is 6.10 Å². The van der Waals surface area contributed by atoms with E-state index in [0.717, 1.165) is 48.9 Å². The minimum absolute atomic E-state index is 0.157. The maximum Gasteiger partial charge on any atom is 0.227 e. The number of rotatable bonds is 10. The lowest BCUT2D eigenvalue weighted by Crippen LogP contribution is -2.48. The molecule has 6 rings (SSSR count). The Morgan fingerprint density at radius 1 is 0.976 bits per heavy atom. The van der Waals surface area contributed by atoms with E-state index >= 15 is 0 Å². The van der Waals surface area contributed by atoms with E-state index in [9.17, 15) is 9.50 Å². The third kappa shape index (κ3) is 6.40. The summed E-state index contributed by atoms with van der Waals surface area (Å²) in [5, 5.41) is 14.9. The monoisotopic (exact) mass is 558 g/mol. The van der Waals surface area contributed by atoms with E-state index in [1.807, 2.05) is 30.3 Å². The Morgan fingerprint density at radius 2 is 1.80 bits per heavy atom. The quantitative estimate of drug-likeness (QED) is 0.258. The normalized spacial score (nSPS) is 15.3. The maximum absolute atomic E-state index is 13.6. The molecule has 0 spiro atoms. The number of ether oxygens (including phenoxy) is 2. The standard InChI is InChI=1S/C31H31FN4O5/c1-38-29-8-3-2-7-26(29)27-17-25(41-34-27)19-36-13-11-35(12-14-36)18-23(37)20-39-24-9-10-30-28(16-24)33-31(40-30)21-5-4-6-22(32)15-21/h2-10,15-17,23,37H,11-14,18-20H2,1H3. The van der Waals surface area contributed by atoms with Crippen LogP contribution < -0.4 is 9.47 Å². The molecule has 0 saturated carbocycles. The first-order valence-corrected chi connectivity index (χ1v) is 13.5. The molecule has 3 aromatic carbocycles. The zero-order valence-electron chi connectivity index (χ0n) is 22.7. The summed E-state index contributed by atoms with van der Waals surface area (Å²) in [4.78, 5) is 9.01. The van der Waals surface area contributed by atoms with Crippen LogP contribution in [0.4, 0.5) is 4.39 Å². The minimum Gasteiger partial charge on any atom is -0.496 e. The number of hydrogen-bond acceptors (Lipinski definition) is 9. The van der Waals surface area contributed by atoms with Crippen LogP contribution in [0.2, 0.25) is 0 Å². The van der Waals surface area contributed by atoms with Crippen LogP contribution in [-0.2, 0) is 6.54 Å². The first-order chi connectivity index (χ1) is 20.0. The number of hydrogen-bond donors (Lipinski definition) is 1. The average Bonchev–Trinajstić information content (AvgIpc) is 3.64. The Hall–Kier alpha value is -4.25. The van der Waals surface area contributed by atoms with Crippen molar-refractivity contribution in [2.45, 2.75) is 12.6 Å². The second-order valence-electron chi connectivity index (χ2n) is 10.1. The van der Waals surface area contributed by atoms with Gasteiger partial charge in [-0.05, 0) is 42.5 Å². The topological polar surface area (TPSA) is 97.2 Å². The van der Waals surface area contributed by atoms with Crippen molar-refractivity contribution in [3.05, 3.63) is 84.4 Å². The Kier molecular flexibility index (Phi) is 7.95. The molecule has 1 fully saturated rings. The first-order valence-electron chi connectivity index (χ1n) is 13.5. The lowest BCUT2D eigenvalue weighted by Gasteiger charge is -2.35. The summed E-state index contributed by atoms with van der Waals surface area (Å²) in [7, 11) is 1.65. The van der Waals surface area contributed by atoms with Gasteiger partial charge in [0.05, 0.1) is 13.7 Å².